The Balaban J connectivity index is 0.00000312. The quantitative estimate of drug-likeness (QED) is 0.300. The van der Waals surface area contributed by atoms with Gasteiger partial charge in [0.15, 0.2) is 5.96 Å². The topological polar surface area (TPSA) is 62.7 Å². The summed E-state index contributed by atoms with van der Waals surface area (Å²) in [7, 11) is 1.09. The highest BCUT2D eigenvalue weighted by Gasteiger charge is 2.41. The van der Waals surface area contributed by atoms with Gasteiger partial charge in [-0.25, -0.2) is 0 Å². The van der Waals surface area contributed by atoms with E-state index in [1.807, 2.05) is 6.92 Å². The number of halogens is 1. The van der Waals surface area contributed by atoms with E-state index >= 15 is 0 Å². The van der Waals surface area contributed by atoms with E-state index in [2.05, 4.69) is 17.6 Å². The zero-order valence-electron chi connectivity index (χ0n) is 16.0. The molecular weight excluding hydrogens is 449 g/mol. The van der Waals surface area contributed by atoms with Gasteiger partial charge in [-0.2, -0.15) is 0 Å². The van der Waals surface area contributed by atoms with Crippen molar-refractivity contribution in [1.82, 2.24) is 10.6 Å². The highest BCUT2D eigenvalue weighted by Crippen LogP contribution is 2.48. The molecule has 3 unspecified atom stereocenters. The Bertz CT molecular complexity index is 444. The minimum Gasteiger partial charge on any atom is -0.385 e. The number of nitrogens with zero attached hydrogens (tertiary/aromatic N) is 1. The molecule has 0 amide bonds. The molecule has 25 heavy (non-hydrogen) atoms. The van der Waals surface area contributed by atoms with Crippen LogP contribution < -0.4 is 10.6 Å². The Morgan fingerprint density at radius 2 is 2.08 bits per heavy atom. The number of methoxy groups -OCH3 is 1. The van der Waals surface area contributed by atoms with E-state index in [1.165, 1.54) is 12.8 Å². The second-order valence-electron chi connectivity index (χ2n) is 7.24. The molecule has 0 spiro atoms. The molecule has 0 heterocycles. The number of nitrogens with one attached hydrogen (secondary N) is 2. The van der Waals surface area contributed by atoms with Gasteiger partial charge in [-0.15, -0.1) is 24.0 Å². The van der Waals surface area contributed by atoms with Gasteiger partial charge in [0, 0.05) is 54.7 Å². The van der Waals surface area contributed by atoms with Gasteiger partial charge in [0.1, 0.15) is 0 Å². The molecule has 2 N–H and O–H groups in total. The van der Waals surface area contributed by atoms with Crippen molar-refractivity contribution in [3.63, 3.8) is 0 Å². The lowest BCUT2D eigenvalue weighted by atomic mass is 9.95. The Hall–Kier alpha value is 0.110. The predicted molar refractivity (Wildman–Crippen MR) is 117 cm³/mol. The molecule has 7 heteroatoms. The van der Waals surface area contributed by atoms with Crippen LogP contribution in [0, 0.1) is 5.41 Å². The van der Waals surface area contributed by atoms with Gasteiger partial charge in [-0.05, 0) is 50.9 Å². The molecule has 0 aromatic heterocycles. The molecule has 0 saturated heterocycles. The molecule has 5 nitrogen and oxygen atoms in total. The van der Waals surface area contributed by atoms with Crippen LogP contribution in [0.3, 0.4) is 0 Å². The van der Waals surface area contributed by atoms with Crippen LogP contribution in [-0.2, 0) is 15.5 Å². The molecular formula is C18H36IN3O2S. The number of guanidine groups is 1. The molecule has 0 radical (unpaired) electrons. The summed E-state index contributed by atoms with van der Waals surface area (Å²) in [6.07, 6.45) is 8.04. The van der Waals surface area contributed by atoms with Crippen LogP contribution in [0.2, 0.25) is 0 Å². The van der Waals surface area contributed by atoms with Crippen LogP contribution in [0.25, 0.3) is 0 Å². The van der Waals surface area contributed by atoms with E-state index in [4.69, 9.17) is 9.73 Å². The van der Waals surface area contributed by atoms with E-state index in [-0.39, 0.29) is 24.0 Å². The summed E-state index contributed by atoms with van der Waals surface area (Å²) in [6, 6.07) is 0.395. The third kappa shape index (κ3) is 7.71. The number of hydrogen-bond acceptors (Lipinski definition) is 3. The fraction of sp³-hybridized carbons (Fsp3) is 0.944. The average molecular weight is 485 g/mol. The monoisotopic (exact) mass is 485 g/mol. The van der Waals surface area contributed by atoms with Gasteiger partial charge >= 0.3 is 0 Å². The van der Waals surface area contributed by atoms with Crippen LogP contribution >= 0.6 is 24.0 Å². The first kappa shape index (κ1) is 23.1. The van der Waals surface area contributed by atoms with Crippen LogP contribution in [0.1, 0.15) is 58.8 Å². The summed E-state index contributed by atoms with van der Waals surface area (Å²) in [5.74, 6) is 1.70. The largest absolute Gasteiger partial charge is 0.385 e. The van der Waals surface area contributed by atoms with Crippen molar-refractivity contribution in [2.24, 2.45) is 10.4 Å². The summed E-state index contributed by atoms with van der Waals surface area (Å²) in [6.45, 7) is 6.70. The van der Waals surface area contributed by atoms with Gasteiger partial charge in [0.05, 0.1) is 0 Å². The second kappa shape index (κ2) is 11.7. The van der Waals surface area contributed by atoms with Crippen LogP contribution in [0.15, 0.2) is 4.99 Å². The van der Waals surface area contributed by atoms with Gasteiger partial charge in [-0.3, -0.25) is 9.20 Å². The zero-order chi connectivity index (χ0) is 17.4. The lowest BCUT2D eigenvalue weighted by Gasteiger charge is -2.30. The van der Waals surface area contributed by atoms with Gasteiger partial charge in [0.2, 0.25) is 0 Å². The molecule has 2 aliphatic carbocycles. The summed E-state index contributed by atoms with van der Waals surface area (Å²) >= 11 is 0. The Labute approximate surface area is 173 Å². The molecule has 0 bridgehead atoms. The minimum absolute atomic E-state index is 0. The van der Waals surface area contributed by atoms with E-state index < -0.39 is 10.8 Å². The summed E-state index contributed by atoms with van der Waals surface area (Å²) < 4.78 is 17.3. The lowest BCUT2D eigenvalue weighted by Crippen LogP contribution is -2.46. The molecule has 2 rings (SSSR count). The first-order valence-electron chi connectivity index (χ1n) is 9.53. The lowest BCUT2D eigenvalue weighted by molar-refractivity contribution is 0.174. The Morgan fingerprint density at radius 1 is 1.32 bits per heavy atom. The first-order chi connectivity index (χ1) is 11.6. The number of ether oxygens (including phenoxy) is 1. The van der Waals surface area contributed by atoms with E-state index in [9.17, 15) is 4.21 Å². The van der Waals surface area contributed by atoms with E-state index in [0.29, 0.717) is 16.7 Å². The van der Waals surface area contributed by atoms with Gasteiger partial charge in [0.25, 0.3) is 0 Å². The predicted octanol–water partition coefficient (Wildman–Crippen LogP) is 3.06. The molecule has 2 fully saturated rings. The highest BCUT2D eigenvalue weighted by atomic mass is 127. The van der Waals surface area contributed by atoms with Crippen LogP contribution in [0.5, 0.6) is 0 Å². The Kier molecular flexibility index (Phi) is 10.9. The minimum atomic E-state index is -0.678. The van der Waals surface area contributed by atoms with Crippen molar-refractivity contribution < 1.29 is 8.95 Å². The molecule has 0 aromatic carbocycles. The standard InChI is InChI=1S/C18H35N3O2S.HI/c1-4-19-17(20-14-18(9-10-18)11-12-23-3)21-15-7-6-8-16(13-15)24(22)5-2;/h15-16H,4-14H2,1-3H3,(H2,19,20,21);1H. The van der Waals surface area contributed by atoms with Crippen LogP contribution in [0.4, 0.5) is 0 Å². The summed E-state index contributed by atoms with van der Waals surface area (Å²) in [4.78, 5) is 4.85. The number of aliphatic imine (C=N–C) groups is 1. The van der Waals surface area contributed by atoms with Gasteiger partial charge in [-0.1, -0.05) is 13.3 Å². The maximum Gasteiger partial charge on any atom is 0.191 e. The molecule has 0 aliphatic heterocycles. The summed E-state index contributed by atoms with van der Waals surface area (Å²) in [5, 5.41) is 7.32. The molecule has 2 aliphatic rings. The van der Waals surface area contributed by atoms with Crippen molar-refractivity contribution in [2.45, 2.75) is 70.1 Å². The van der Waals surface area contributed by atoms with Gasteiger partial charge < -0.3 is 15.4 Å². The Morgan fingerprint density at radius 3 is 2.68 bits per heavy atom. The fourth-order valence-corrected chi connectivity index (χ4v) is 4.84. The molecule has 2 saturated carbocycles. The first-order valence-corrected chi connectivity index (χ1v) is 10.9. The molecule has 0 aromatic rings. The average Bonchev–Trinajstić information content (AvgIpc) is 3.38. The van der Waals surface area contributed by atoms with Crippen molar-refractivity contribution in [3.05, 3.63) is 0 Å². The highest BCUT2D eigenvalue weighted by molar-refractivity contribution is 14.0. The zero-order valence-corrected chi connectivity index (χ0v) is 19.2. The SMILES string of the molecule is CCNC(=NCC1(CCOC)CC1)NC1CCCC(S(=O)CC)C1.I. The van der Waals surface area contributed by atoms with Crippen molar-refractivity contribution in [2.75, 3.05) is 32.6 Å². The van der Waals surface area contributed by atoms with Crippen molar-refractivity contribution in [1.29, 1.82) is 0 Å². The third-order valence-corrected chi connectivity index (χ3v) is 7.07. The smallest absolute Gasteiger partial charge is 0.191 e. The third-order valence-electron chi connectivity index (χ3n) is 5.33. The molecule has 3 atom stereocenters. The maximum absolute atomic E-state index is 12.1. The summed E-state index contributed by atoms with van der Waals surface area (Å²) in [5.41, 5.74) is 0.372. The normalized spacial score (nSPS) is 26.4. The van der Waals surface area contributed by atoms with E-state index in [1.54, 1.807) is 7.11 Å². The van der Waals surface area contributed by atoms with Crippen molar-refractivity contribution in [3.8, 4) is 0 Å². The number of hydrogen-bond donors (Lipinski definition) is 2. The van der Waals surface area contributed by atoms with Crippen molar-refractivity contribution >= 4 is 40.7 Å². The fourth-order valence-electron chi connectivity index (χ4n) is 3.49. The van der Waals surface area contributed by atoms with Crippen LogP contribution in [-0.4, -0.2) is 54.0 Å². The maximum atomic E-state index is 12.1. The molecule has 148 valence electrons. The second-order valence-corrected chi connectivity index (χ2v) is 9.24. The number of rotatable bonds is 9. The van der Waals surface area contributed by atoms with E-state index in [0.717, 1.165) is 63.5 Å².